The van der Waals surface area contributed by atoms with Gasteiger partial charge in [-0.2, -0.15) is 4.31 Å². The Morgan fingerprint density at radius 1 is 1.06 bits per heavy atom. The minimum Gasteiger partial charge on any atom is -0.495 e. The van der Waals surface area contributed by atoms with Crippen molar-refractivity contribution >= 4 is 41.3 Å². The lowest BCUT2D eigenvalue weighted by molar-refractivity contribution is -0.114. The van der Waals surface area contributed by atoms with Gasteiger partial charge in [-0.15, -0.1) is 0 Å². The first kappa shape index (κ1) is 22.5. The van der Waals surface area contributed by atoms with E-state index in [-0.39, 0.29) is 39.3 Å². The summed E-state index contributed by atoms with van der Waals surface area (Å²) in [7, 11) is -9.92. The van der Waals surface area contributed by atoms with Crippen molar-refractivity contribution < 1.29 is 34.8 Å². The minimum absolute atomic E-state index is 0.136. The Balaban J connectivity index is 1.82. The largest absolute Gasteiger partial charge is 0.495 e. The molecule has 1 amide bonds. The van der Waals surface area contributed by atoms with Gasteiger partial charge in [-0.05, 0) is 18.2 Å². The second kappa shape index (κ2) is 7.40. The first-order valence-electron chi connectivity index (χ1n) is 9.49. The average Bonchev–Trinajstić information content (AvgIpc) is 3.10. The summed E-state index contributed by atoms with van der Waals surface area (Å²) in [5, 5.41) is 5.56. The van der Waals surface area contributed by atoms with Crippen LogP contribution in [0.5, 0.6) is 5.75 Å². The molecule has 3 saturated heterocycles. The molecule has 0 unspecified atom stereocenters. The smallest absolute Gasteiger partial charge is 0.243 e. The summed E-state index contributed by atoms with van der Waals surface area (Å²) in [5.41, 5.74) is 0.136. The van der Waals surface area contributed by atoms with Gasteiger partial charge in [0, 0.05) is 19.0 Å². The monoisotopic (exact) mass is 493 g/mol. The van der Waals surface area contributed by atoms with E-state index in [9.17, 15) is 30.0 Å². The molecule has 14 heteroatoms. The van der Waals surface area contributed by atoms with E-state index in [1.54, 1.807) is 0 Å². The van der Waals surface area contributed by atoms with E-state index >= 15 is 0 Å². The lowest BCUT2D eigenvalue weighted by Gasteiger charge is -2.43. The van der Waals surface area contributed by atoms with E-state index in [1.807, 2.05) is 0 Å². The number of rotatable bonds is 4. The fraction of sp³-hybridized carbons (Fsp3) is 0.588. The number of benzene rings is 1. The van der Waals surface area contributed by atoms with Gasteiger partial charge >= 0.3 is 0 Å². The molecule has 0 spiro atoms. The van der Waals surface area contributed by atoms with Crippen LogP contribution in [0.1, 0.15) is 6.92 Å². The molecule has 0 bridgehead atoms. The summed E-state index contributed by atoms with van der Waals surface area (Å²) >= 11 is 0. The van der Waals surface area contributed by atoms with E-state index in [4.69, 9.17) is 4.74 Å². The topological polar surface area (TPSA) is 156 Å². The highest BCUT2D eigenvalue weighted by Crippen LogP contribution is 2.37. The molecule has 0 saturated carbocycles. The lowest BCUT2D eigenvalue weighted by atomic mass is 10.0. The number of amides is 1. The molecule has 0 aliphatic carbocycles. The molecule has 1 aromatic carbocycles. The Kier molecular flexibility index (Phi) is 5.36. The van der Waals surface area contributed by atoms with Crippen LogP contribution in [0.15, 0.2) is 23.1 Å². The van der Waals surface area contributed by atoms with Gasteiger partial charge in [0.25, 0.3) is 0 Å². The summed E-state index contributed by atoms with van der Waals surface area (Å²) in [5.74, 6) is -1.47. The number of carbonyl (C=O) groups is 1. The van der Waals surface area contributed by atoms with Crippen molar-refractivity contribution in [2.45, 2.75) is 36.0 Å². The summed E-state index contributed by atoms with van der Waals surface area (Å²) in [4.78, 5) is 11.3. The van der Waals surface area contributed by atoms with Crippen molar-refractivity contribution in [3.8, 4) is 5.75 Å². The van der Waals surface area contributed by atoms with Gasteiger partial charge in [-0.25, -0.2) is 25.3 Å². The maximum Gasteiger partial charge on any atom is 0.243 e. The lowest BCUT2D eigenvalue weighted by Crippen LogP contribution is -2.67. The second-order valence-corrected chi connectivity index (χ2v) is 14.2. The SMILES string of the molecule is COc1ccc(S(=O)(=O)N2[C@@H]3CS(=O)(=O)C[C@@H]3N[C@@H]3CS(=O)(=O)C[C@@H]32)cc1NC(C)=O. The second-order valence-electron chi connectivity index (χ2n) is 8.05. The molecule has 3 aliphatic rings. The molecule has 4 rings (SSSR count). The molecular formula is C17H23N3O8S3. The predicted octanol–water partition coefficient (Wildman–Crippen LogP) is -1.42. The molecule has 31 heavy (non-hydrogen) atoms. The zero-order valence-electron chi connectivity index (χ0n) is 16.8. The number of nitrogens with zero attached hydrogens (tertiary/aromatic N) is 1. The molecule has 172 valence electrons. The van der Waals surface area contributed by atoms with Gasteiger partial charge in [0.1, 0.15) is 5.75 Å². The van der Waals surface area contributed by atoms with Gasteiger partial charge in [0.05, 0.1) is 52.8 Å². The highest BCUT2D eigenvalue weighted by Gasteiger charge is 2.57. The Hall–Kier alpha value is -1.74. The number of anilines is 1. The maximum atomic E-state index is 13.7. The third-order valence-corrected chi connectivity index (χ3v) is 11.2. The average molecular weight is 494 g/mol. The van der Waals surface area contributed by atoms with Crippen LogP contribution in [0.25, 0.3) is 0 Å². The van der Waals surface area contributed by atoms with Gasteiger partial charge in [0.15, 0.2) is 19.7 Å². The minimum atomic E-state index is -4.30. The zero-order chi connectivity index (χ0) is 22.8. The summed E-state index contributed by atoms with van der Waals surface area (Å²) in [6.45, 7) is 1.26. The quantitative estimate of drug-likeness (QED) is 0.514. The van der Waals surface area contributed by atoms with Crippen LogP contribution in [0.2, 0.25) is 0 Å². The van der Waals surface area contributed by atoms with Crippen molar-refractivity contribution in [2.24, 2.45) is 0 Å². The molecule has 3 heterocycles. The number of sulfone groups is 2. The number of piperazine rings is 1. The molecular weight excluding hydrogens is 470 g/mol. The van der Waals surface area contributed by atoms with Crippen molar-refractivity contribution in [3.05, 3.63) is 18.2 Å². The standard InChI is InChI=1S/C17H23N3O8S3/c1-10(21)18-12-5-11(3-4-17(12)28-2)31(26,27)20-15-8-29(22,23)6-13(15)19-14-7-30(24,25)9-16(14)20/h3-5,13-16,19H,6-9H2,1-2H3,(H,18,21)/t13-,14+,15+,16-. The Morgan fingerprint density at radius 2 is 1.61 bits per heavy atom. The molecule has 4 atom stereocenters. The Morgan fingerprint density at radius 3 is 2.10 bits per heavy atom. The first-order valence-corrected chi connectivity index (χ1v) is 14.6. The van der Waals surface area contributed by atoms with Gasteiger partial charge < -0.3 is 15.4 Å². The van der Waals surface area contributed by atoms with Crippen molar-refractivity contribution in [3.63, 3.8) is 0 Å². The van der Waals surface area contributed by atoms with Gasteiger partial charge in [-0.1, -0.05) is 0 Å². The molecule has 2 N–H and O–H groups in total. The number of methoxy groups -OCH3 is 1. The predicted molar refractivity (Wildman–Crippen MR) is 112 cm³/mol. The fourth-order valence-corrected chi connectivity index (χ4v) is 10.5. The number of ether oxygens (including phenoxy) is 1. The highest BCUT2D eigenvalue weighted by molar-refractivity contribution is 7.92. The van der Waals surface area contributed by atoms with Crippen LogP contribution in [0, 0.1) is 0 Å². The Bertz CT molecular complexity index is 1200. The number of fused-ring (bicyclic) bond motifs is 2. The highest BCUT2D eigenvalue weighted by atomic mass is 32.2. The zero-order valence-corrected chi connectivity index (χ0v) is 19.3. The van der Waals surface area contributed by atoms with Gasteiger partial charge in [-0.3, -0.25) is 4.79 Å². The van der Waals surface area contributed by atoms with Crippen LogP contribution in [0.4, 0.5) is 5.69 Å². The van der Waals surface area contributed by atoms with Crippen LogP contribution in [-0.4, -0.2) is 89.8 Å². The van der Waals surface area contributed by atoms with Crippen LogP contribution < -0.4 is 15.4 Å². The van der Waals surface area contributed by atoms with Crippen LogP contribution in [-0.2, 0) is 34.5 Å². The van der Waals surface area contributed by atoms with Crippen molar-refractivity contribution in [1.82, 2.24) is 9.62 Å². The van der Waals surface area contributed by atoms with Crippen LogP contribution >= 0.6 is 0 Å². The summed E-state index contributed by atoms with van der Waals surface area (Å²) < 4.78 is 82.7. The van der Waals surface area contributed by atoms with E-state index in [0.717, 1.165) is 4.31 Å². The van der Waals surface area contributed by atoms with Crippen molar-refractivity contribution in [1.29, 1.82) is 0 Å². The van der Waals surface area contributed by atoms with E-state index in [2.05, 4.69) is 10.6 Å². The molecule has 3 aliphatic heterocycles. The molecule has 0 radical (unpaired) electrons. The summed E-state index contributed by atoms with van der Waals surface area (Å²) in [6.07, 6.45) is 0. The van der Waals surface area contributed by atoms with E-state index < -0.39 is 59.8 Å². The number of carbonyl (C=O) groups excluding carboxylic acids is 1. The normalized spacial score (nSPS) is 31.5. The molecule has 1 aromatic rings. The first-order chi connectivity index (χ1) is 14.3. The third-order valence-electron chi connectivity index (χ3n) is 5.78. The number of hydrogen-bond donors (Lipinski definition) is 2. The van der Waals surface area contributed by atoms with E-state index in [0.29, 0.717) is 0 Å². The molecule has 3 fully saturated rings. The van der Waals surface area contributed by atoms with Crippen molar-refractivity contribution in [2.75, 3.05) is 35.4 Å². The Labute approximate surface area is 181 Å². The van der Waals surface area contributed by atoms with Gasteiger partial charge in [0.2, 0.25) is 15.9 Å². The number of sulfonamides is 1. The molecule has 11 nitrogen and oxygen atoms in total. The maximum absolute atomic E-state index is 13.7. The number of nitrogens with one attached hydrogen (secondary N) is 2. The molecule has 0 aromatic heterocycles. The third kappa shape index (κ3) is 4.06. The van der Waals surface area contributed by atoms with Crippen LogP contribution in [0.3, 0.4) is 0 Å². The number of hydrogen-bond acceptors (Lipinski definition) is 9. The summed E-state index contributed by atoms with van der Waals surface area (Å²) in [6, 6.07) is 0.676. The fourth-order valence-electron chi connectivity index (χ4n) is 4.61. The van der Waals surface area contributed by atoms with E-state index in [1.165, 1.54) is 32.2 Å².